The third-order valence-electron chi connectivity index (χ3n) is 4.04. The van der Waals surface area contributed by atoms with Gasteiger partial charge in [-0.2, -0.15) is 0 Å². The minimum Gasteiger partial charge on any atom is -0.496 e. The summed E-state index contributed by atoms with van der Waals surface area (Å²) in [5.41, 5.74) is 1.53. The molecule has 0 bridgehead atoms. The van der Waals surface area contributed by atoms with Crippen molar-refractivity contribution in [2.45, 2.75) is 6.54 Å². The second-order valence-corrected chi connectivity index (χ2v) is 5.77. The third kappa shape index (κ3) is 2.13. The number of methoxy groups -OCH3 is 1. The lowest BCUT2D eigenvalue weighted by molar-refractivity contribution is 0.408. The Morgan fingerprint density at radius 3 is 2.75 bits per heavy atom. The van der Waals surface area contributed by atoms with Gasteiger partial charge in [0, 0.05) is 5.56 Å². The molecule has 120 valence electrons. The molecule has 0 saturated carbocycles. The molecule has 0 aliphatic carbocycles. The molecular formula is C17H14N4O2S. The summed E-state index contributed by atoms with van der Waals surface area (Å²) in [6.07, 6.45) is 0. The van der Waals surface area contributed by atoms with Crippen molar-refractivity contribution in [3.05, 3.63) is 69.2 Å². The van der Waals surface area contributed by atoms with Gasteiger partial charge in [-0.05, 0) is 30.4 Å². The van der Waals surface area contributed by atoms with Crippen LogP contribution in [0.2, 0.25) is 0 Å². The zero-order chi connectivity index (χ0) is 16.7. The highest BCUT2D eigenvalue weighted by Gasteiger charge is 2.14. The number of rotatable bonds is 3. The summed E-state index contributed by atoms with van der Waals surface area (Å²) in [5, 5.41) is 7.62. The number of ether oxygens (including phenoxy) is 1. The van der Waals surface area contributed by atoms with Gasteiger partial charge in [-0.1, -0.05) is 30.3 Å². The first-order valence-electron chi connectivity index (χ1n) is 7.41. The van der Waals surface area contributed by atoms with Crippen molar-refractivity contribution in [2.75, 3.05) is 7.11 Å². The molecule has 24 heavy (non-hydrogen) atoms. The van der Waals surface area contributed by atoms with Crippen molar-refractivity contribution >= 4 is 28.9 Å². The maximum Gasteiger partial charge on any atom is 0.263 e. The summed E-state index contributed by atoms with van der Waals surface area (Å²) in [7, 11) is 1.61. The molecule has 2 aromatic heterocycles. The molecular weight excluding hydrogens is 324 g/mol. The number of hydrogen-bond donors (Lipinski definition) is 1. The highest BCUT2D eigenvalue weighted by atomic mass is 32.1. The van der Waals surface area contributed by atoms with Crippen LogP contribution in [0.4, 0.5) is 0 Å². The second kappa shape index (κ2) is 5.61. The normalized spacial score (nSPS) is 11.2. The Bertz CT molecular complexity index is 1170. The average Bonchev–Trinajstić information content (AvgIpc) is 3.00. The number of aromatic amines is 1. The maximum atomic E-state index is 13.0. The lowest BCUT2D eigenvalue weighted by Gasteiger charge is -2.12. The summed E-state index contributed by atoms with van der Waals surface area (Å²) in [5.74, 6) is 1.21. The Kier molecular flexibility index (Phi) is 3.42. The Morgan fingerprint density at radius 2 is 1.92 bits per heavy atom. The van der Waals surface area contributed by atoms with Gasteiger partial charge in [-0.15, -0.1) is 5.10 Å². The Hall–Kier alpha value is -2.93. The topological polar surface area (TPSA) is 64.3 Å². The molecule has 4 rings (SSSR count). The van der Waals surface area contributed by atoms with E-state index in [4.69, 9.17) is 17.0 Å². The predicted molar refractivity (Wildman–Crippen MR) is 94.2 cm³/mol. The number of aromatic nitrogens is 4. The molecule has 0 spiro atoms. The molecule has 0 amide bonds. The van der Waals surface area contributed by atoms with Gasteiger partial charge < -0.3 is 4.74 Å². The van der Waals surface area contributed by atoms with Crippen LogP contribution >= 0.6 is 12.2 Å². The summed E-state index contributed by atoms with van der Waals surface area (Å²) in [4.78, 5) is 13.0. The first-order chi connectivity index (χ1) is 11.7. The summed E-state index contributed by atoms with van der Waals surface area (Å²) < 4.78 is 9.23. The van der Waals surface area contributed by atoms with Crippen LogP contribution in [0.15, 0.2) is 53.3 Å². The molecule has 0 aliphatic rings. The largest absolute Gasteiger partial charge is 0.496 e. The number of fused-ring (bicyclic) bond motifs is 3. The van der Waals surface area contributed by atoms with Crippen molar-refractivity contribution in [3.8, 4) is 5.75 Å². The number of hydrogen-bond acceptors (Lipinski definition) is 4. The zero-order valence-electron chi connectivity index (χ0n) is 12.9. The van der Waals surface area contributed by atoms with Gasteiger partial charge >= 0.3 is 0 Å². The summed E-state index contributed by atoms with van der Waals surface area (Å²) in [6.45, 7) is 0.344. The molecule has 0 saturated heterocycles. The van der Waals surface area contributed by atoms with Gasteiger partial charge in [0.15, 0.2) is 0 Å². The first kappa shape index (κ1) is 14.6. The highest BCUT2D eigenvalue weighted by Crippen LogP contribution is 2.20. The summed E-state index contributed by atoms with van der Waals surface area (Å²) >= 11 is 5.34. The van der Waals surface area contributed by atoms with Crippen molar-refractivity contribution in [2.24, 2.45) is 0 Å². The van der Waals surface area contributed by atoms with Gasteiger partial charge in [0.05, 0.1) is 24.6 Å². The van der Waals surface area contributed by atoms with Crippen molar-refractivity contribution in [1.29, 1.82) is 0 Å². The van der Waals surface area contributed by atoms with Crippen molar-refractivity contribution in [1.82, 2.24) is 19.2 Å². The van der Waals surface area contributed by atoms with Crippen LogP contribution in [-0.4, -0.2) is 26.3 Å². The lowest BCUT2D eigenvalue weighted by atomic mass is 10.2. The maximum absolute atomic E-state index is 13.0. The fraction of sp³-hybridized carbons (Fsp3) is 0.118. The molecule has 0 fully saturated rings. The minimum absolute atomic E-state index is 0.113. The number of nitrogens with one attached hydrogen (secondary N) is 1. The number of para-hydroxylation sites is 2. The molecule has 0 unspecified atom stereocenters. The minimum atomic E-state index is -0.113. The number of H-pyrrole nitrogens is 1. The van der Waals surface area contributed by atoms with Gasteiger partial charge in [-0.3, -0.25) is 13.8 Å². The van der Waals surface area contributed by atoms with Gasteiger partial charge in [0.25, 0.3) is 5.56 Å². The standard InChI is InChI=1S/C17H14N4O2S/c1-23-14-9-5-2-6-11(14)10-20-15(22)12-7-3-4-8-13(12)21-16(20)18-19-17(21)24/h2-9H,10H2,1H3,(H,19,24). The van der Waals surface area contributed by atoms with Crippen LogP contribution in [0, 0.1) is 4.77 Å². The SMILES string of the molecule is COc1ccccc1Cn1c(=O)c2ccccc2n2c(=S)[nH]nc12. The van der Waals surface area contributed by atoms with E-state index in [2.05, 4.69) is 10.2 Å². The molecule has 2 aromatic carbocycles. The van der Waals surface area contributed by atoms with Crippen molar-refractivity contribution in [3.63, 3.8) is 0 Å². The van der Waals surface area contributed by atoms with E-state index in [1.807, 2.05) is 42.5 Å². The molecule has 7 heteroatoms. The van der Waals surface area contributed by atoms with Crippen molar-refractivity contribution < 1.29 is 4.74 Å². The fourth-order valence-electron chi connectivity index (χ4n) is 2.92. The van der Waals surface area contributed by atoms with E-state index in [-0.39, 0.29) is 5.56 Å². The zero-order valence-corrected chi connectivity index (χ0v) is 13.7. The molecule has 1 N–H and O–H groups in total. The van der Waals surface area contributed by atoms with E-state index in [0.29, 0.717) is 22.5 Å². The van der Waals surface area contributed by atoms with Crippen LogP contribution in [-0.2, 0) is 6.54 Å². The Balaban J connectivity index is 2.06. The lowest BCUT2D eigenvalue weighted by Crippen LogP contribution is -2.24. The molecule has 2 heterocycles. The first-order valence-corrected chi connectivity index (χ1v) is 7.82. The van der Waals surface area contributed by atoms with Gasteiger partial charge in [0.2, 0.25) is 10.5 Å². The van der Waals surface area contributed by atoms with Crippen LogP contribution < -0.4 is 10.3 Å². The molecule has 0 aliphatic heterocycles. The van der Waals surface area contributed by atoms with Crippen LogP contribution in [0.1, 0.15) is 5.56 Å². The van der Waals surface area contributed by atoms with E-state index in [0.717, 1.165) is 16.8 Å². The molecule has 0 radical (unpaired) electrons. The third-order valence-corrected chi connectivity index (χ3v) is 4.31. The van der Waals surface area contributed by atoms with E-state index >= 15 is 0 Å². The number of nitrogens with zero attached hydrogens (tertiary/aromatic N) is 3. The monoisotopic (exact) mass is 338 g/mol. The quantitative estimate of drug-likeness (QED) is 0.584. The Morgan fingerprint density at radius 1 is 1.17 bits per heavy atom. The van der Waals surface area contributed by atoms with E-state index in [1.54, 1.807) is 22.1 Å². The smallest absolute Gasteiger partial charge is 0.263 e. The fourth-order valence-corrected chi connectivity index (χ4v) is 3.14. The van der Waals surface area contributed by atoms with Crippen LogP contribution in [0.3, 0.4) is 0 Å². The van der Waals surface area contributed by atoms with Gasteiger partial charge in [0.1, 0.15) is 5.75 Å². The highest BCUT2D eigenvalue weighted by molar-refractivity contribution is 7.71. The van der Waals surface area contributed by atoms with E-state index in [1.165, 1.54) is 0 Å². The average molecular weight is 338 g/mol. The Labute approximate surface area is 141 Å². The molecule has 4 aromatic rings. The molecule has 6 nitrogen and oxygen atoms in total. The summed E-state index contributed by atoms with van der Waals surface area (Å²) in [6, 6.07) is 15.0. The predicted octanol–water partition coefficient (Wildman–Crippen LogP) is 2.76. The van der Waals surface area contributed by atoms with Gasteiger partial charge in [-0.25, -0.2) is 5.10 Å². The van der Waals surface area contributed by atoms with E-state index in [9.17, 15) is 4.79 Å². The molecule has 0 atom stereocenters. The second-order valence-electron chi connectivity index (χ2n) is 5.38. The van der Waals surface area contributed by atoms with Crippen LogP contribution in [0.5, 0.6) is 5.75 Å². The number of benzene rings is 2. The van der Waals surface area contributed by atoms with Crippen LogP contribution in [0.25, 0.3) is 16.7 Å². The van der Waals surface area contributed by atoms with E-state index < -0.39 is 0 Å².